The molecule has 0 amide bonds. The molecule has 0 aliphatic rings. The van der Waals surface area contributed by atoms with Gasteiger partial charge in [-0.2, -0.15) is 0 Å². The van der Waals surface area contributed by atoms with Crippen LogP contribution in [0.1, 0.15) is 25.7 Å². The van der Waals surface area contributed by atoms with Crippen molar-refractivity contribution in [3.63, 3.8) is 0 Å². The molecule has 0 saturated carbocycles. The van der Waals surface area contributed by atoms with Gasteiger partial charge in [-0.15, -0.1) is 18.1 Å². The summed E-state index contributed by atoms with van der Waals surface area (Å²) in [6.07, 6.45) is 11.2. The van der Waals surface area contributed by atoms with Gasteiger partial charge in [0.05, 0.1) is 0 Å². The molecular weight excluding hydrogens is 108 g/mol. The van der Waals surface area contributed by atoms with Gasteiger partial charge in [0.1, 0.15) is 0 Å². The summed E-state index contributed by atoms with van der Waals surface area (Å²) in [5.41, 5.74) is 2.72. The minimum atomic E-state index is 0.894. The summed E-state index contributed by atoms with van der Waals surface area (Å²) < 4.78 is 0. The molecule has 0 rings (SSSR count). The molecule has 0 aromatic rings. The second kappa shape index (κ2) is 7.08. The smallest absolute Gasteiger partial charge is 0.00861 e. The standard InChI is InChI=1S/C9H12/c1-3-5-7-9-8-6-4-2/h1,6H,2,5,7-9H2. The van der Waals surface area contributed by atoms with Gasteiger partial charge in [-0.3, -0.25) is 0 Å². The highest BCUT2D eigenvalue weighted by molar-refractivity contribution is 4.83. The van der Waals surface area contributed by atoms with Gasteiger partial charge in [-0.05, 0) is 25.3 Å². The second-order valence-corrected chi connectivity index (χ2v) is 1.86. The van der Waals surface area contributed by atoms with E-state index in [1.54, 1.807) is 0 Å². The zero-order valence-electron chi connectivity index (χ0n) is 5.69. The SMILES string of the molecule is C#CCCCCC=C=C. The fourth-order valence-electron chi connectivity index (χ4n) is 0.576. The molecule has 9 heavy (non-hydrogen) atoms. The predicted molar refractivity (Wildman–Crippen MR) is 41.0 cm³/mol. The molecule has 48 valence electrons. The Hall–Kier alpha value is -0.920. The largest absolute Gasteiger partial charge is 0.133 e. The Morgan fingerprint density at radius 1 is 1.44 bits per heavy atom. The molecule has 0 unspecified atom stereocenters. The first-order valence-corrected chi connectivity index (χ1v) is 3.19. The lowest BCUT2D eigenvalue weighted by atomic mass is 10.2. The van der Waals surface area contributed by atoms with Crippen LogP contribution < -0.4 is 0 Å². The van der Waals surface area contributed by atoms with Crippen LogP contribution in [0.3, 0.4) is 0 Å². The van der Waals surface area contributed by atoms with Crippen LogP contribution in [0.25, 0.3) is 0 Å². The van der Waals surface area contributed by atoms with Crippen molar-refractivity contribution in [3.8, 4) is 12.3 Å². The number of unbranched alkanes of at least 4 members (excludes halogenated alkanes) is 3. The van der Waals surface area contributed by atoms with Gasteiger partial charge < -0.3 is 0 Å². The zero-order valence-corrected chi connectivity index (χ0v) is 5.69. The Kier molecular flexibility index (Phi) is 6.36. The molecule has 0 nitrogen and oxygen atoms in total. The summed E-state index contributed by atoms with van der Waals surface area (Å²) in [4.78, 5) is 0. The van der Waals surface area contributed by atoms with Gasteiger partial charge in [0.15, 0.2) is 0 Å². The molecule has 0 aliphatic carbocycles. The van der Waals surface area contributed by atoms with E-state index in [0.29, 0.717) is 0 Å². The van der Waals surface area contributed by atoms with E-state index in [1.165, 1.54) is 0 Å². The van der Waals surface area contributed by atoms with Crippen LogP contribution in [0, 0.1) is 12.3 Å². The van der Waals surface area contributed by atoms with Gasteiger partial charge in [0.25, 0.3) is 0 Å². The van der Waals surface area contributed by atoms with Gasteiger partial charge in [-0.1, -0.05) is 6.58 Å². The number of terminal acetylenes is 1. The Balaban J connectivity index is 2.93. The van der Waals surface area contributed by atoms with Crippen molar-refractivity contribution in [2.24, 2.45) is 0 Å². The highest BCUT2D eigenvalue weighted by atomic mass is 13.8. The Bertz CT molecular complexity index is 131. The summed E-state index contributed by atoms with van der Waals surface area (Å²) in [6.45, 7) is 3.46. The topological polar surface area (TPSA) is 0 Å². The van der Waals surface area contributed by atoms with Crippen molar-refractivity contribution in [2.75, 3.05) is 0 Å². The third-order valence-electron chi connectivity index (χ3n) is 1.06. The fraction of sp³-hybridized carbons (Fsp3) is 0.444. The van der Waals surface area contributed by atoms with E-state index in [0.717, 1.165) is 25.7 Å². The third-order valence-corrected chi connectivity index (χ3v) is 1.06. The quantitative estimate of drug-likeness (QED) is 0.304. The predicted octanol–water partition coefficient (Wildman–Crippen LogP) is 2.52. The van der Waals surface area contributed by atoms with Crippen LogP contribution >= 0.6 is 0 Å². The summed E-state index contributed by atoms with van der Waals surface area (Å²) in [5, 5.41) is 0. The lowest BCUT2D eigenvalue weighted by Crippen LogP contribution is -1.70. The summed E-state index contributed by atoms with van der Waals surface area (Å²) in [5.74, 6) is 2.59. The molecule has 0 atom stereocenters. The number of hydrogen-bond donors (Lipinski definition) is 0. The molecule has 0 N–H and O–H groups in total. The fourth-order valence-corrected chi connectivity index (χ4v) is 0.576. The maximum absolute atomic E-state index is 5.06. The molecule has 0 saturated heterocycles. The van der Waals surface area contributed by atoms with Crippen LogP contribution in [0.15, 0.2) is 18.4 Å². The van der Waals surface area contributed by atoms with Crippen molar-refractivity contribution in [3.05, 3.63) is 18.4 Å². The van der Waals surface area contributed by atoms with Crippen molar-refractivity contribution < 1.29 is 0 Å². The van der Waals surface area contributed by atoms with E-state index < -0.39 is 0 Å². The summed E-state index contributed by atoms with van der Waals surface area (Å²) in [6, 6.07) is 0. The van der Waals surface area contributed by atoms with Crippen LogP contribution in [0.2, 0.25) is 0 Å². The maximum Gasteiger partial charge on any atom is 0.00861 e. The number of hydrogen-bond acceptors (Lipinski definition) is 0. The minimum Gasteiger partial charge on any atom is -0.133 e. The second-order valence-electron chi connectivity index (χ2n) is 1.86. The first-order valence-electron chi connectivity index (χ1n) is 3.19. The molecular formula is C9H12. The summed E-state index contributed by atoms with van der Waals surface area (Å²) in [7, 11) is 0. The molecule has 0 bridgehead atoms. The van der Waals surface area contributed by atoms with Crippen LogP contribution in [0.5, 0.6) is 0 Å². The highest BCUT2D eigenvalue weighted by Crippen LogP contribution is 1.97. The van der Waals surface area contributed by atoms with Crippen molar-refractivity contribution in [1.82, 2.24) is 0 Å². The average Bonchev–Trinajstić information content (AvgIpc) is 1.89. The van der Waals surface area contributed by atoms with Gasteiger partial charge in [-0.25, -0.2) is 0 Å². The van der Waals surface area contributed by atoms with Crippen LogP contribution in [-0.4, -0.2) is 0 Å². The monoisotopic (exact) mass is 120 g/mol. The summed E-state index contributed by atoms with van der Waals surface area (Å²) >= 11 is 0. The first kappa shape index (κ1) is 8.08. The molecule has 0 fully saturated rings. The van der Waals surface area contributed by atoms with E-state index in [-0.39, 0.29) is 0 Å². The van der Waals surface area contributed by atoms with E-state index in [2.05, 4.69) is 18.2 Å². The number of rotatable bonds is 4. The van der Waals surface area contributed by atoms with Crippen LogP contribution in [-0.2, 0) is 0 Å². The van der Waals surface area contributed by atoms with Crippen molar-refractivity contribution in [2.45, 2.75) is 25.7 Å². The van der Waals surface area contributed by atoms with E-state index >= 15 is 0 Å². The van der Waals surface area contributed by atoms with Crippen LogP contribution in [0.4, 0.5) is 0 Å². The lowest BCUT2D eigenvalue weighted by Gasteiger charge is -1.87. The normalized spacial score (nSPS) is 7.44. The molecule has 0 heterocycles. The molecule has 0 aromatic carbocycles. The molecule has 0 aliphatic heterocycles. The first-order chi connectivity index (χ1) is 4.41. The van der Waals surface area contributed by atoms with E-state index in [4.69, 9.17) is 6.42 Å². The Morgan fingerprint density at radius 2 is 2.22 bits per heavy atom. The third kappa shape index (κ3) is 7.08. The van der Waals surface area contributed by atoms with Crippen molar-refractivity contribution in [1.29, 1.82) is 0 Å². The Morgan fingerprint density at radius 3 is 2.78 bits per heavy atom. The Labute approximate surface area is 57.3 Å². The molecule has 0 spiro atoms. The van der Waals surface area contributed by atoms with E-state index in [9.17, 15) is 0 Å². The highest BCUT2D eigenvalue weighted by Gasteiger charge is 1.80. The van der Waals surface area contributed by atoms with Crippen molar-refractivity contribution >= 4 is 0 Å². The van der Waals surface area contributed by atoms with Gasteiger partial charge >= 0.3 is 0 Å². The van der Waals surface area contributed by atoms with Gasteiger partial charge in [0, 0.05) is 6.42 Å². The van der Waals surface area contributed by atoms with Gasteiger partial charge in [0.2, 0.25) is 0 Å². The molecule has 0 radical (unpaired) electrons. The molecule has 0 aromatic heterocycles. The average molecular weight is 120 g/mol. The number of allylic oxidation sites excluding steroid dienone is 1. The lowest BCUT2D eigenvalue weighted by molar-refractivity contribution is 0.773. The zero-order chi connectivity index (χ0) is 6.95. The molecule has 0 heteroatoms. The maximum atomic E-state index is 5.06. The van der Waals surface area contributed by atoms with E-state index in [1.807, 2.05) is 6.08 Å². The minimum absolute atomic E-state index is 0.894.